The minimum absolute atomic E-state index is 0.743. The predicted molar refractivity (Wildman–Crippen MR) is 103 cm³/mol. The Labute approximate surface area is 150 Å². The van der Waals surface area contributed by atoms with Gasteiger partial charge in [0.05, 0.1) is 13.2 Å². The molecule has 0 saturated heterocycles. The molecule has 23 heavy (non-hydrogen) atoms. The average Bonchev–Trinajstić information content (AvgIpc) is 2.57. The van der Waals surface area contributed by atoms with Gasteiger partial charge in [-0.2, -0.15) is 0 Å². The smallest absolute Gasteiger partial charge is 0.0700 e. The lowest BCUT2D eigenvalue weighted by Crippen LogP contribution is -2.06. The number of ether oxygens (including phenoxy) is 2. The molecule has 0 N–H and O–H groups in total. The molecule has 0 aliphatic heterocycles. The molecule has 2 nitrogen and oxygen atoms in total. The molecular formula is C20H41ClO2. The maximum absolute atomic E-state index is 5.64. The van der Waals surface area contributed by atoms with Crippen LogP contribution in [0.25, 0.3) is 0 Å². The number of hydrogen-bond donors (Lipinski definition) is 0. The zero-order valence-electron chi connectivity index (χ0n) is 15.6. The standard InChI is InChI=1S/C20H41ClO2/c1-2-3-4-5-6-7-8-9-11-14-17-22-19-20-23-18-15-12-10-13-16-21/h2-20H2,1H3. The Morgan fingerprint density at radius 2 is 0.870 bits per heavy atom. The van der Waals surface area contributed by atoms with E-state index in [4.69, 9.17) is 21.1 Å². The van der Waals surface area contributed by atoms with E-state index in [0.717, 1.165) is 45.1 Å². The van der Waals surface area contributed by atoms with E-state index in [1.807, 2.05) is 0 Å². The maximum atomic E-state index is 5.64. The molecular weight excluding hydrogens is 308 g/mol. The Kier molecular flexibility index (Phi) is 22.4. The first-order chi connectivity index (χ1) is 11.4. The number of alkyl halides is 1. The normalized spacial score (nSPS) is 11.2. The fourth-order valence-corrected chi connectivity index (χ4v) is 2.85. The van der Waals surface area contributed by atoms with Gasteiger partial charge in [-0.25, -0.2) is 0 Å². The Hall–Kier alpha value is 0.210. The highest BCUT2D eigenvalue weighted by molar-refractivity contribution is 6.17. The number of rotatable bonds is 20. The summed E-state index contributed by atoms with van der Waals surface area (Å²) in [4.78, 5) is 0. The van der Waals surface area contributed by atoms with Crippen LogP contribution >= 0.6 is 11.6 Å². The quantitative estimate of drug-likeness (QED) is 0.179. The summed E-state index contributed by atoms with van der Waals surface area (Å²) in [6, 6.07) is 0. The molecule has 0 spiro atoms. The molecule has 0 heterocycles. The molecule has 0 aliphatic rings. The summed E-state index contributed by atoms with van der Waals surface area (Å²) in [5.74, 6) is 0.785. The maximum Gasteiger partial charge on any atom is 0.0700 e. The van der Waals surface area contributed by atoms with Gasteiger partial charge in [0, 0.05) is 19.1 Å². The van der Waals surface area contributed by atoms with Crippen LogP contribution in [0, 0.1) is 0 Å². The van der Waals surface area contributed by atoms with Crippen molar-refractivity contribution in [1.82, 2.24) is 0 Å². The summed E-state index contributed by atoms with van der Waals surface area (Å²) < 4.78 is 11.2. The Balaban J connectivity index is 2.92. The van der Waals surface area contributed by atoms with Gasteiger partial charge in [0.15, 0.2) is 0 Å². The monoisotopic (exact) mass is 348 g/mol. The lowest BCUT2D eigenvalue weighted by Gasteiger charge is -2.06. The van der Waals surface area contributed by atoms with Crippen molar-refractivity contribution in [1.29, 1.82) is 0 Å². The zero-order chi connectivity index (χ0) is 16.8. The van der Waals surface area contributed by atoms with Crippen molar-refractivity contribution in [2.24, 2.45) is 0 Å². The molecule has 140 valence electrons. The van der Waals surface area contributed by atoms with Crippen molar-refractivity contribution in [2.45, 2.75) is 96.8 Å². The summed E-state index contributed by atoms with van der Waals surface area (Å²) >= 11 is 5.64. The van der Waals surface area contributed by atoms with Crippen molar-refractivity contribution in [3.8, 4) is 0 Å². The molecule has 0 atom stereocenters. The van der Waals surface area contributed by atoms with Gasteiger partial charge in [-0.15, -0.1) is 11.6 Å². The Morgan fingerprint density at radius 3 is 1.30 bits per heavy atom. The lowest BCUT2D eigenvalue weighted by molar-refractivity contribution is 0.0449. The van der Waals surface area contributed by atoms with E-state index in [2.05, 4.69) is 6.92 Å². The van der Waals surface area contributed by atoms with Crippen molar-refractivity contribution >= 4 is 11.6 Å². The third-order valence-corrected chi connectivity index (χ3v) is 4.45. The summed E-state index contributed by atoms with van der Waals surface area (Å²) in [7, 11) is 0. The highest BCUT2D eigenvalue weighted by Crippen LogP contribution is 2.10. The fourth-order valence-electron chi connectivity index (χ4n) is 2.67. The largest absolute Gasteiger partial charge is 0.379 e. The molecule has 3 heteroatoms. The summed E-state index contributed by atoms with van der Waals surface area (Å²) in [5, 5.41) is 0. The second kappa shape index (κ2) is 22.2. The van der Waals surface area contributed by atoms with Crippen molar-refractivity contribution < 1.29 is 9.47 Å². The third kappa shape index (κ3) is 22.2. The summed E-state index contributed by atoms with van der Waals surface area (Å²) in [5.41, 5.74) is 0. The van der Waals surface area contributed by atoms with Crippen LogP contribution < -0.4 is 0 Å². The number of unbranched alkanes of at least 4 members (excludes halogenated alkanes) is 12. The molecule has 0 saturated carbocycles. The molecule has 0 rings (SSSR count). The van der Waals surface area contributed by atoms with Crippen LogP contribution in [0.5, 0.6) is 0 Å². The molecule has 0 aliphatic carbocycles. The second-order valence-corrected chi connectivity index (χ2v) is 6.89. The second-order valence-electron chi connectivity index (χ2n) is 6.51. The fraction of sp³-hybridized carbons (Fsp3) is 1.00. The first-order valence-electron chi connectivity index (χ1n) is 10.1. The first kappa shape index (κ1) is 23.2. The third-order valence-electron chi connectivity index (χ3n) is 4.19. The van der Waals surface area contributed by atoms with E-state index >= 15 is 0 Å². The SMILES string of the molecule is CCCCCCCCCCCCOCCOCCCCCCCl. The van der Waals surface area contributed by atoms with Crippen LogP contribution in [0.15, 0.2) is 0 Å². The van der Waals surface area contributed by atoms with Crippen LogP contribution in [-0.4, -0.2) is 32.3 Å². The van der Waals surface area contributed by atoms with Crippen LogP contribution in [-0.2, 0) is 9.47 Å². The Bertz CT molecular complexity index is 180. The van der Waals surface area contributed by atoms with E-state index in [0.29, 0.717) is 0 Å². The molecule has 0 fully saturated rings. The molecule has 0 aromatic rings. The van der Waals surface area contributed by atoms with Gasteiger partial charge in [-0.1, -0.05) is 77.6 Å². The summed E-state index contributed by atoms with van der Waals surface area (Å²) in [6.45, 7) is 5.53. The van der Waals surface area contributed by atoms with Crippen LogP contribution in [0.1, 0.15) is 96.8 Å². The highest BCUT2D eigenvalue weighted by atomic mass is 35.5. The van der Waals surface area contributed by atoms with Crippen LogP contribution in [0.4, 0.5) is 0 Å². The van der Waals surface area contributed by atoms with Gasteiger partial charge in [0.1, 0.15) is 0 Å². The lowest BCUT2D eigenvalue weighted by atomic mass is 10.1. The molecule has 0 unspecified atom stereocenters. The molecule has 0 bridgehead atoms. The van der Waals surface area contributed by atoms with Gasteiger partial charge < -0.3 is 9.47 Å². The van der Waals surface area contributed by atoms with Crippen molar-refractivity contribution in [3.63, 3.8) is 0 Å². The van der Waals surface area contributed by atoms with E-state index in [9.17, 15) is 0 Å². The zero-order valence-corrected chi connectivity index (χ0v) is 16.4. The van der Waals surface area contributed by atoms with Gasteiger partial charge in [0.25, 0.3) is 0 Å². The topological polar surface area (TPSA) is 18.5 Å². The predicted octanol–water partition coefficient (Wildman–Crippen LogP) is 6.74. The highest BCUT2D eigenvalue weighted by Gasteiger charge is 1.94. The number of hydrogen-bond acceptors (Lipinski definition) is 2. The van der Waals surface area contributed by atoms with E-state index in [1.54, 1.807) is 0 Å². The average molecular weight is 349 g/mol. The molecule has 0 aromatic heterocycles. The number of halogens is 1. The molecule has 0 aromatic carbocycles. The molecule has 0 amide bonds. The van der Waals surface area contributed by atoms with Crippen molar-refractivity contribution in [2.75, 3.05) is 32.3 Å². The van der Waals surface area contributed by atoms with Crippen molar-refractivity contribution in [3.05, 3.63) is 0 Å². The van der Waals surface area contributed by atoms with E-state index in [-0.39, 0.29) is 0 Å². The van der Waals surface area contributed by atoms with Crippen LogP contribution in [0.2, 0.25) is 0 Å². The summed E-state index contributed by atoms with van der Waals surface area (Å²) in [6.07, 6.45) is 18.5. The first-order valence-corrected chi connectivity index (χ1v) is 10.7. The van der Waals surface area contributed by atoms with Gasteiger partial charge in [-0.05, 0) is 19.3 Å². The van der Waals surface area contributed by atoms with Gasteiger partial charge in [-0.3, -0.25) is 0 Å². The minimum atomic E-state index is 0.743. The van der Waals surface area contributed by atoms with Crippen LogP contribution in [0.3, 0.4) is 0 Å². The minimum Gasteiger partial charge on any atom is -0.379 e. The van der Waals surface area contributed by atoms with Gasteiger partial charge in [0.2, 0.25) is 0 Å². The Morgan fingerprint density at radius 1 is 0.478 bits per heavy atom. The molecule has 0 radical (unpaired) electrons. The van der Waals surface area contributed by atoms with E-state index in [1.165, 1.54) is 77.0 Å². The van der Waals surface area contributed by atoms with Gasteiger partial charge >= 0.3 is 0 Å². The van der Waals surface area contributed by atoms with E-state index < -0.39 is 0 Å².